The first-order chi connectivity index (χ1) is 8.19. The molecule has 0 aliphatic heterocycles. The summed E-state index contributed by atoms with van der Waals surface area (Å²) in [5, 5.41) is 12.0. The molecule has 1 aromatic heterocycles. The van der Waals surface area contributed by atoms with Crippen LogP contribution in [0.25, 0.3) is 0 Å². The standard InChI is InChI=1S/C11H16N6/c1-3-17(8-11-13-15-16(2)14-11)10-6-4-9(12)5-7-10/h4-7H,3,8,12H2,1-2H3. The Balaban J connectivity index is 2.13. The maximum absolute atomic E-state index is 5.67. The summed E-state index contributed by atoms with van der Waals surface area (Å²) < 4.78 is 0. The van der Waals surface area contributed by atoms with Gasteiger partial charge in [0.2, 0.25) is 0 Å². The van der Waals surface area contributed by atoms with Crippen molar-refractivity contribution in [1.29, 1.82) is 0 Å². The van der Waals surface area contributed by atoms with E-state index in [9.17, 15) is 0 Å². The normalized spacial score (nSPS) is 10.5. The van der Waals surface area contributed by atoms with Crippen LogP contribution in [0.2, 0.25) is 0 Å². The highest BCUT2D eigenvalue weighted by molar-refractivity contribution is 5.52. The van der Waals surface area contributed by atoms with E-state index >= 15 is 0 Å². The number of nitrogens with two attached hydrogens (primary N) is 1. The number of nitrogen functional groups attached to an aromatic ring is 1. The third-order valence-corrected chi connectivity index (χ3v) is 2.52. The van der Waals surface area contributed by atoms with Gasteiger partial charge in [-0.15, -0.1) is 10.2 Å². The minimum Gasteiger partial charge on any atom is -0.399 e. The van der Waals surface area contributed by atoms with Crippen molar-refractivity contribution in [3.63, 3.8) is 0 Å². The first-order valence-electron chi connectivity index (χ1n) is 5.52. The van der Waals surface area contributed by atoms with Crippen molar-refractivity contribution in [2.24, 2.45) is 7.05 Å². The highest BCUT2D eigenvalue weighted by Gasteiger charge is 2.08. The van der Waals surface area contributed by atoms with Gasteiger partial charge in [-0.1, -0.05) is 0 Å². The first kappa shape index (κ1) is 11.4. The van der Waals surface area contributed by atoms with Crippen LogP contribution in [0.15, 0.2) is 24.3 Å². The zero-order chi connectivity index (χ0) is 12.3. The topological polar surface area (TPSA) is 72.9 Å². The lowest BCUT2D eigenvalue weighted by atomic mass is 10.2. The molecule has 6 nitrogen and oxygen atoms in total. The summed E-state index contributed by atoms with van der Waals surface area (Å²) >= 11 is 0. The van der Waals surface area contributed by atoms with Crippen LogP contribution in [-0.2, 0) is 13.6 Å². The highest BCUT2D eigenvalue weighted by atomic mass is 15.6. The largest absolute Gasteiger partial charge is 0.399 e. The summed E-state index contributed by atoms with van der Waals surface area (Å²) in [6.07, 6.45) is 0. The van der Waals surface area contributed by atoms with Crippen molar-refractivity contribution in [2.45, 2.75) is 13.5 Å². The zero-order valence-electron chi connectivity index (χ0n) is 10.0. The van der Waals surface area contributed by atoms with Gasteiger partial charge in [0.15, 0.2) is 5.82 Å². The fourth-order valence-corrected chi connectivity index (χ4v) is 1.63. The van der Waals surface area contributed by atoms with E-state index in [1.54, 1.807) is 7.05 Å². The summed E-state index contributed by atoms with van der Waals surface area (Å²) in [6.45, 7) is 3.61. The van der Waals surface area contributed by atoms with Crippen molar-refractivity contribution in [3.8, 4) is 0 Å². The van der Waals surface area contributed by atoms with Crippen molar-refractivity contribution in [3.05, 3.63) is 30.1 Å². The van der Waals surface area contributed by atoms with Gasteiger partial charge < -0.3 is 10.6 Å². The molecule has 0 saturated heterocycles. The molecule has 17 heavy (non-hydrogen) atoms. The van der Waals surface area contributed by atoms with Gasteiger partial charge in [-0.05, 0) is 36.4 Å². The van der Waals surface area contributed by atoms with Gasteiger partial charge >= 0.3 is 0 Å². The Labute approximate surface area is 100 Å². The van der Waals surface area contributed by atoms with Crippen LogP contribution in [0.5, 0.6) is 0 Å². The molecule has 90 valence electrons. The Hall–Kier alpha value is -2.11. The molecule has 2 rings (SSSR count). The van der Waals surface area contributed by atoms with Gasteiger partial charge in [0, 0.05) is 17.9 Å². The fourth-order valence-electron chi connectivity index (χ4n) is 1.63. The van der Waals surface area contributed by atoms with Gasteiger partial charge in [0.1, 0.15) is 0 Å². The predicted molar refractivity (Wildman–Crippen MR) is 66.4 cm³/mol. The van der Waals surface area contributed by atoms with E-state index in [1.165, 1.54) is 4.80 Å². The number of aromatic nitrogens is 4. The number of benzene rings is 1. The number of anilines is 2. The van der Waals surface area contributed by atoms with E-state index in [4.69, 9.17) is 5.73 Å². The van der Waals surface area contributed by atoms with Crippen LogP contribution in [0.4, 0.5) is 11.4 Å². The number of rotatable bonds is 4. The lowest BCUT2D eigenvalue weighted by Crippen LogP contribution is -2.22. The Morgan fingerprint density at radius 3 is 2.53 bits per heavy atom. The van der Waals surface area contributed by atoms with Gasteiger partial charge in [0.25, 0.3) is 0 Å². The molecule has 0 atom stereocenters. The Bertz CT molecular complexity index is 475. The average Bonchev–Trinajstić information content (AvgIpc) is 2.73. The second-order valence-electron chi connectivity index (χ2n) is 3.80. The molecule has 0 fully saturated rings. The van der Waals surface area contributed by atoms with E-state index in [0.29, 0.717) is 12.4 Å². The summed E-state index contributed by atoms with van der Waals surface area (Å²) in [7, 11) is 1.76. The molecule has 0 unspecified atom stereocenters. The lowest BCUT2D eigenvalue weighted by Gasteiger charge is -2.21. The number of tetrazole rings is 1. The maximum Gasteiger partial charge on any atom is 0.193 e. The first-order valence-corrected chi connectivity index (χ1v) is 5.52. The predicted octanol–water partition coefficient (Wildman–Crippen LogP) is 0.819. The molecule has 2 N–H and O–H groups in total. The highest BCUT2D eigenvalue weighted by Crippen LogP contribution is 2.17. The third kappa shape index (κ3) is 2.72. The molecule has 0 saturated carbocycles. The molecule has 0 bridgehead atoms. The van der Waals surface area contributed by atoms with Crippen molar-refractivity contribution in [1.82, 2.24) is 20.2 Å². The second-order valence-corrected chi connectivity index (χ2v) is 3.80. The molecular formula is C11H16N6. The van der Waals surface area contributed by atoms with E-state index in [0.717, 1.165) is 17.9 Å². The molecular weight excluding hydrogens is 216 g/mol. The molecule has 1 aromatic carbocycles. The minimum absolute atomic E-state index is 0.647. The number of aryl methyl sites for hydroxylation is 1. The zero-order valence-corrected chi connectivity index (χ0v) is 10.0. The summed E-state index contributed by atoms with van der Waals surface area (Å²) in [6, 6.07) is 7.77. The Morgan fingerprint density at radius 2 is 2.00 bits per heavy atom. The number of hydrogen-bond acceptors (Lipinski definition) is 5. The number of nitrogens with zero attached hydrogens (tertiary/aromatic N) is 5. The molecule has 1 heterocycles. The van der Waals surface area contributed by atoms with E-state index in [1.807, 2.05) is 24.3 Å². The molecule has 0 radical (unpaired) electrons. The van der Waals surface area contributed by atoms with Crippen molar-refractivity contribution in [2.75, 3.05) is 17.2 Å². The van der Waals surface area contributed by atoms with E-state index < -0.39 is 0 Å². The van der Waals surface area contributed by atoms with Crippen LogP contribution in [0.1, 0.15) is 12.7 Å². The molecule has 0 amide bonds. The smallest absolute Gasteiger partial charge is 0.193 e. The van der Waals surface area contributed by atoms with Crippen LogP contribution >= 0.6 is 0 Å². The van der Waals surface area contributed by atoms with Crippen molar-refractivity contribution >= 4 is 11.4 Å². The SMILES string of the molecule is CCN(Cc1nnn(C)n1)c1ccc(N)cc1. The fraction of sp³-hybridized carbons (Fsp3) is 0.364. The molecule has 0 aliphatic rings. The van der Waals surface area contributed by atoms with Crippen LogP contribution in [-0.4, -0.2) is 26.8 Å². The summed E-state index contributed by atoms with van der Waals surface area (Å²) in [5.74, 6) is 0.714. The lowest BCUT2D eigenvalue weighted by molar-refractivity contribution is 0.626. The Morgan fingerprint density at radius 1 is 1.29 bits per heavy atom. The monoisotopic (exact) mass is 232 g/mol. The van der Waals surface area contributed by atoms with E-state index in [-0.39, 0.29) is 0 Å². The summed E-state index contributed by atoms with van der Waals surface area (Å²) in [4.78, 5) is 3.63. The van der Waals surface area contributed by atoms with Crippen LogP contribution in [0.3, 0.4) is 0 Å². The van der Waals surface area contributed by atoms with Gasteiger partial charge in [0.05, 0.1) is 13.6 Å². The van der Waals surface area contributed by atoms with E-state index in [2.05, 4.69) is 27.2 Å². The maximum atomic E-state index is 5.67. The van der Waals surface area contributed by atoms with Crippen molar-refractivity contribution < 1.29 is 0 Å². The van der Waals surface area contributed by atoms with Crippen LogP contribution < -0.4 is 10.6 Å². The molecule has 6 heteroatoms. The average molecular weight is 232 g/mol. The summed E-state index contributed by atoms with van der Waals surface area (Å²) in [5.41, 5.74) is 7.54. The van der Waals surface area contributed by atoms with Gasteiger partial charge in [-0.25, -0.2) is 0 Å². The minimum atomic E-state index is 0.647. The number of hydrogen-bond donors (Lipinski definition) is 1. The van der Waals surface area contributed by atoms with Gasteiger partial charge in [-0.3, -0.25) is 0 Å². The molecule has 0 spiro atoms. The van der Waals surface area contributed by atoms with Crippen LogP contribution in [0, 0.1) is 0 Å². The quantitative estimate of drug-likeness (QED) is 0.790. The second kappa shape index (κ2) is 4.82. The van der Waals surface area contributed by atoms with Gasteiger partial charge in [-0.2, -0.15) is 4.80 Å². The third-order valence-electron chi connectivity index (χ3n) is 2.52. The molecule has 2 aromatic rings. The Kier molecular flexibility index (Phi) is 3.22. The molecule has 0 aliphatic carbocycles.